The molecule has 0 aliphatic heterocycles. The van der Waals surface area contributed by atoms with Gasteiger partial charge in [0.2, 0.25) is 0 Å². The van der Waals surface area contributed by atoms with Crippen molar-refractivity contribution in [2.75, 3.05) is 0 Å². The maximum atomic E-state index is 12.6. The number of benzene rings is 3. The first-order valence-electron chi connectivity index (χ1n) is 9.67. The number of nitrogens with one attached hydrogen (secondary N) is 2. The molecule has 0 unspecified atom stereocenters. The van der Waals surface area contributed by atoms with Gasteiger partial charge in [0.1, 0.15) is 5.75 Å². The molecule has 0 fully saturated rings. The van der Waals surface area contributed by atoms with Crippen molar-refractivity contribution < 1.29 is 17.9 Å². The Morgan fingerprint density at radius 3 is 1.69 bits per heavy atom. The van der Waals surface area contributed by atoms with Crippen molar-refractivity contribution >= 4 is 53.7 Å². The van der Waals surface area contributed by atoms with E-state index in [0.717, 1.165) is 47.4 Å². The Labute approximate surface area is 197 Å². The van der Waals surface area contributed by atoms with Gasteiger partial charge in [0.05, 0.1) is 0 Å². The second-order valence-electron chi connectivity index (χ2n) is 7.42. The molecular weight excluding hydrogens is 549 g/mol. The average molecular weight is 564 g/mol. The van der Waals surface area contributed by atoms with E-state index < -0.39 is 6.36 Å². The molecule has 2 heterocycles. The van der Waals surface area contributed by atoms with Crippen LogP contribution in [0.5, 0.6) is 5.75 Å². The number of hydrogen-bond acceptors (Lipinski definition) is 1. The molecule has 0 saturated heterocycles. The summed E-state index contributed by atoms with van der Waals surface area (Å²) in [4.78, 5) is 6.63. The van der Waals surface area contributed by atoms with Crippen LogP contribution in [0.2, 0.25) is 0 Å². The van der Waals surface area contributed by atoms with E-state index in [1.807, 2.05) is 48.8 Å². The van der Waals surface area contributed by atoms with Crippen LogP contribution in [0.25, 0.3) is 21.8 Å². The quantitative estimate of drug-likeness (QED) is 0.227. The van der Waals surface area contributed by atoms with Gasteiger partial charge < -0.3 is 14.7 Å². The molecule has 162 valence electrons. The van der Waals surface area contributed by atoms with Gasteiger partial charge in [0, 0.05) is 49.1 Å². The molecule has 2 N–H and O–H groups in total. The summed E-state index contributed by atoms with van der Waals surface area (Å²) in [5.74, 6) is -0.468. The van der Waals surface area contributed by atoms with Crippen molar-refractivity contribution in [2.24, 2.45) is 0 Å². The van der Waals surface area contributed by atoms with Gasteiger partial charge in [-0.1, -0.05) is 44.0 Å². The van der Waals surface area contributed by atoms with Crippen LogP contribution in [0.3, 0.4) is 0 Å². The maximum absolute atomic E-state index is 12.6. The first-order valence-corrected chi connectivity index (χ1v) is 11.3. The summed E-state index contributed by atoms with van der Waals surface area (Å²) >= 11 is 7.09. The summed E-state index contributed by atoms with van der Waals surface area (Å²) < 4.78 is 43.9. The molecule has 5 aromatic rings. The second kappa shape index (κ2) is 8.01. The van der Waals surface area contributed by atoms with Crippen LogP contribution < -0.4 is 4.74 Å². The molecule has 0 aliphatic carbocycles. The number of hydrogen-bond donors (Lipinski definition) is 2. The largest absolute Gasteiger partial charge is 0.573 e. The summed E-state index contributed by atoms with van der Waals surface area (Å²) in [6.45, 7) is 0. The van der Waals surface area contributed by atoms with E-state index in [9.17, 15) is 13.2 Å². The van der Waals surface area contributed by atoms with Gasteiger partial charge in [-0.2, -0.15) is 0 Å². The highest BCUT2D eigenvalue weighted by Crippen LogP contribution is 2.41. The maximum Gasteiger partial charge on any atom is 0.573 e. The van der Waals surface area contributed by atoms with Crippen molar-refractivity contribution in [1.29, 1.82) is 0 Å². The zero-order chi connectivity index (χ0) is 22.5. The molecule has 0 aliphatic rings. The molecule has 32 heavy (non-hydrogen) atoms. The fraction of sp³-hybridized carbons (Fsp3) is 0.0833. The number of rotatable bonds is 4. The smallest absolute Gasteiger partial charge is 0.406 e. The molecule has 0 amide bonds. The number of aromatic nitrogens is 2. The Balaban J connectivity index is 1.70. The lowest BCUT2D eigenvalue weighted by Gasteiger charge is -2.18. The molecule has 0 radical (unpaired) electrons. The number of halogens is 5. The van der Waals surface area contributed by atoms with Crippen molar-refractivity contribution in [2.45, 2.75) is 12.3 Å². The first kappa shape index (κ1) is 21.2. The Hall–Kier alpha value is -2.71. The van der Waals surface area contributed by atoms with Gasteiger partial charge in [-0.3, -0.25) is 0 Å². The van der Waals surface area contributed by atoms with E-state index >= 15 is 0 Å². The molecule has 0 atom stereocenters. The fourth-order valence-corrected chi connectivity index (χ4v) is 4.82. The lowest BCUT2D eigenvalue weighted by Crippen LogP contribution is -2.17. The zero-order valence-corrected chi connectivity index (χ0v) is 19.5. The van der Waals surface area contributed by atoms with E-state index in [2.05, 4.69) is 46.6 Å². The van der Waals surface area contributed by atoms with Gasteiger partial charge in [0.25, 0.3) is 0 Å². The number of ether oxygens (including phenoxy) is 1. The molecular formula is C24H15Br2F3N2O. The van der Waals surface area contributed by atoms with Gasteiger partial charge in [-0.15, -0.1) is 13.2 Å². The average Bonchev–Trinajstić information content (AvgIpc) is 3.33. The fourth-order valence-electron chi connectivity index (χ4n) is 4.10. The third-order valence-electron chi connectivity index (χ3n) is 5.42. The normalized spacial score (nSPS) is 12.2. The Morgan fingerprint density at radius 1 is 0.719 bits per heavy atom. The standard InChI is InChI=1S/C24H15Br2F3N2O/c25-14-3-7-21-17(9-14)19(11-30-21)23(13-1-5-16(6-2-13)32-24(27,28)29)20-12-31-22-8-4-15(26)10-18(20)22/h1-12,23,30-31H. The van der Waals surface area contributed by atoms with E-state index in [-0.39, 0.29) is 11.7 Å². The van der Waals surface area contributed by atoms with Gasteiger partial charge in [-0.05, 0) is 65.2 Å². The molecule has 0 saturated carbocycles. The van der Waals surface area contributed by atoms with E-state index in [1.165, 1.54) is 12.1 Å². The predicted octanol–water partition coefficient (Wildman–Crippen LogP) is 8.25. The number of alkyl halides is 3. The van der Waals surface area contributed by atoms with Crippen LogP contribution in [0, 0.1) is 0 Å². The highest BCUT2D eigenvalue weighted by Gasteiger charge is 2.31. The Morgan fingerprint density at radius 2 is 1.22 bits per heavy atom. The van der Waals surface area contributed by atoms with E-state index in [4.69, 9.17) is 0 Å². The third kappa shape index (κ3) is 4.04. The Bertz CT molecular complexity index is 1340. The lowest BCUT2D eigenvalue weighted by molar-refractivity contribution is -0.274. The van der Waals surface area contributed by atoms with Crippen LogP contribution in [-0.2, 0) is 0 Å². The molecule has 0 spiro atoms. The first-order chi connectivity index (χ1) is 15.3. The topological polar surface area (TPSA) is 40.8 Å². The third-order valence-corrected chi connectivity index (χ3v) is 6.41. The lowest BCUT2D eigenvalue weighted by atomic mass is 9.85. The van der Waals surface area contributed by atoms with Crippen molar-refractivity contribution in [3.05, 3.63) is 98.7 Å². The zero-order valence-electron chi connectivity index (χ0n) is 16.3. The van der Waals surface area contributed by atoms with Crippen LogP contribution in [-0.4, -0.2) is 16.3 Å². The molecule has 8 heteroatoms. The van der Waals surface area contributed by atoms with Crippen molar-refractivity contribution in [3.8, 4) is 5.75 Å². The summed E-state index contributed by atoms with van der Waals surface area (Å²) in [5, 5.41) is 2.06. The van der Waals surface area contributed by atoms with Crippen LogP contribution >= 0.6 is 31.9 Å². The van der Waals surface area contributed by atoms with Crippen LogP contribution in [0.15, 0.2) is 82.0 Å². The molecule has 3 nitrogen and oxygen atoms in total. The highest BCUT2D eigenvalue weighted by molar-refractivity contribution is 9.10. The predicted molar refractivity (Wildman–Crippen MR) is 126 cm³/mol. The van der Waals surface area contributed by atoms with Gasteiger partial charge in [-0.25, -0.2) is 0 Å². The minimum absolute atomic E-state index is 0.221. The summed E-state index contributed by atoms with van der Waals surface area (Å²) in [5.41, 5.74) is 4.84. The highest BCUT2D eigenvalue weighted by atomic mass is 79.9. The van der Waals surface area contributed by atoms with E-state index in [1.54, 1.807) is 12.1 Å². The number of H-pyrrole nitrogens is 2. The van der Waals surface area contributed by atoms with Crippen LogP contribution in [0.4, 0.5) is 13.2 Å². The minimum Gasteiger partial charge on any atom is -0.406 e. The van der Waals surface area contributed by atoms with E-state index in [0.29, 0.717) is 0 Å². The number of fused-ring (bicyclic) bond motifs is 2. The van der Waals surface area contributed by atoms with Crippen molar-refractivity contribution in [3.63, 3.8) is 0 Å². The monoisotopic (exact) mass is 562 g/mol. The second-order valence-corrected chi connectivity index (χ2v) is 9.25. The molecule has 5 rings (SSSR count). The van der Waals surface area contributed by atoms with Gasteiger partial charge >= 0.3 is 6.36 Å². The minimum atomic E-state index is -4.73. The van der Waals surface area contributed by atoms with Crippen LogP contribution in [0.1, 0.15) is 22.6 Å². The van der Waals surface area contributed by atoms with Gasteiger partial charge in [0.15, 0.2) is 0 Å². The molecule has 3 aromatic carbocycles. The summed E-state index contributed by atoms with van der Waals surface area (Å²) in [6.07, 6.45) is -0.815. The molecule has 0 bridgehead atoms. The van der Waals surface area contributed by atoms with Crippen molar-refractivity contribution in [1.82, 2.24) is 9.97 Å². The summed E-state index contributed by atoms with van der Waals surface area (Å²) in [6, 6.07) is 18.1. The number of aromatic amines is 2. The Kier molecular flexibility index (Phi) is 5.29. The SMILES string of the molecule is FC(F)(F)Oc1ccc(C(c2c[nH]c3ccc(Br)cc23)c2c[nH]c3ccc(Br)cc23)cc1. The summed E-state index contributed by atoms with van der Waals surface area (Å²) in [7, 11) is 0. The molecule has 2 aromatic heterocycles.